The molecule has 4 aromatic rings. The summed E-state index contributed by atoms with van der Waals surface area (Å²) in [4.78, 5) is 38.4. The van der Waals surface area contributed by atoms with E-state index in [1.807, 2.05) is 0 Å². The third-order valence-corrected chi connectivity index (χ3v) is 5.70. The molecule has 0 aliphatic heterocycles. The lowest BCUT2D eigenvalue weighted by molar-refractivity contribution is -0.123. The number of carbonyl (C=O) groups is 2. The SMILES string of the molecule is COc1cc(Br)cc(C=NNC(=O)C(NC(=O)c2ccccc2)c2n[nH]c(=O)c3ccccc23)c1O. The van der Waals surface area contributed by atoms with Gasteiger partial charge in [-0.3, -0.25) is 14.4 Å². The quantitative estimate of drug-likeness (QED) is 0.206. The minimum absolute atomic E-state index is 0.133. The van der Waals surface area contributed by atoms with E-state index in [-0.39, 0.29) is 22.8 Å². The number of H-pyrrole nitrogens is 1. The normalized spacial score (nSPS) is 11.8. The van der Waals surface area contributed by atoms with Crippen LogP contribution in [-0.4, -0.2) is 40.4 Å². The third kappa shape index (κ3) is 5.26. The fourth-order valence-corrected chi connectivity index (χ4v) is 3.95. The summed E-state index contributed by atoms with van der Waals surface area (Å²) in [5, 5.41) is 24.0. The molecular formula is C25H20BrN5O5. The number of halogens is 1. The lowest BCUT2D eigenvalue weighted by Crippen LogP contribution is -2.40. The predicted molar refractivity (Wildman–Crippen MR) is 137 cm³/mol. The Morgan fingerprint density at radius 3 is 2.53 bits per heavy atom. The molecule has 4 rings (SSSR count). The molecule has 36 heavy (non-hydrogen) atoms. The number of aromatic amines is 1. The highest BCUT2D eigenvalue weighted by Crippen LogP contribution is 2.32. The second kappa shape index (κ2) is 10.8. The van der Waals surface area contributed by atoms with Crippen molar-refractivity contribution < 1.29 is 19.4 Å². The number of hydrogen-bond acceptors (Lipinski definition) is 7. The number of methoxy groups -OCH3 is 1. The Balaban J connectivity index is 1.68. The molecule has 4 N–H and O–H groups in total. The van der Waals surface area contributed by atoms with Gasteiger partial charge in [0.1, 0.15) is 5.69 Å². The molecule has 1 atom stereocenters. The van der Waals surface area contributed by atoms with Crippen LogP contribution in [0.2, 0.25) is 0 Å². The molecule has 1 heterocycles. The monoisotopic (exact) mass is 549 g/mol. The van der Waals surface area contributed by atoms with Gasteiger partial charge in [0, 0.05) is 21.0 Å². The molecule has 0 fully saturated rings. The van der Waals surface area contributed by atoms with Crippen LogP contribution in [0.4, 0.5) is 0 Å². The molecule has 2 amide bonds. The van der Waals surface area contributed by atoms with Crippen LogP contribution in [-0.2, 0) is 4.79 Å². The van der Waals surface area contributed by atoms with E-state index < -0.39 is 23.4 Å². The molecule has 11 heteroatoms. The first-order valence-corrected chi connectivity index (χ1v) is 11.4. The molecule has 1 unspecified atom stereocenters. The standard InChI is InChI=1S/C25H20BrN5O5/c1-36-19-12-16(26)11-15(22(19)32)13-27-30-25(35)21(28-23(33)14-7-3-2-4-8-14)20-17-9-5-6-10-18(17)24(34)31-29-20/h2-13,21,32H,1H3,(H,28,33)(H,30,35)(H,31,34). The Morgan fingerprint density at radius 2 is 1.81 bits per heavy atom. The maximum atomic E-state index is 13.2. The smallest absolute Gasteiger partial charge is 0.272 e. The lowest BCUT2D eigenvalue weighted by atomic mass is 10.0. The molecule has 3 aromatic carbocycles. The van der Waals surface area contributed by atoms with Gasteiger partial charge in [-0.05, 0) is 30.3 Å². The number of nitrogens with one attached hydrogen (secondary N) is 3. The van der Waals surface area contributed by atoms with Crippen LogP contribution >= 0.6 is 15.9 Å². The summed E-state index contributed by atoms with van der Waals surface area (Å²) in [6, 6.07) is 16.8. The van der Waals surface area contributed by atoms with Crippen LogP contribution in [0.1, 0.15) is 27.7 Å². The summed E-state index contributed by atoms with van der Waals surface area (Å²) in [7, 11) is 1.41. The first-order valence-electron chi connectivity index (χ1n) is 10.6. The van der Waals surface area contributed by atoms with E-state index in [0.717, 1.165) is 0 Å². The Bertz CT molecular complexity index is 1520. The topological polar surface area (TPSA) is 146 Å². The summed E-state index contributed by atoms with van der Waals surface area (Å²) in [6.07, 6.45) is 1.23. The van der Waals surface area contributed by atoms with E-state index in [4.69, 9.17) is 4.74 Å². The van der Waals surface area contributed by atoms with Gasteiger partial charge >= 0.3 is 0 Å². The Kier molecular flexibility index (Phi) is 7.40. The number of amides is 2. The van der Waals surface area contributed by atoms with Crippen LogP contribution in [0.5, 0.6) is 11.5 Å². The Hall–Kier alpha value is -4.51. The molecule has 0 spiro atoms. The van der Waals surface area contributed by atoms with Crippen molar-refractivity contribution in [2.75, 3.05) is 7.11 Å². The van der Waals surface area contributed by atoms with Crippen molar-refractivity contribution in [3.8, 4) is 11.5 Å². The zero-order valence-electron chi connectivity index (χ0n) is 18.9. The van der Waals surface area contributed by atoms with E-state index in [1.54, 1.807) is 66.7 Å². The van der Waals surface area contributed by atoms with Gasteiger partial charge in [0.2, 0.25) is 0 Å². The van der Waals surface area contributed by atoms with Gasteiger partial charge in [-0.15, -0.1) is 0 Å². The molecule has 182 valence electrons. The number of rotatable bonds is 7. The largest absolute Gasteiger partial charge is 0.504 e. The maximum absolute atomic E-state index is 13.2. The summed E-state index contributed by atoms with van der Waals surface area (Å²) < 4.78 is 5.74. The number of aromatic nitrogens is 2. The van der Waals surface area contributed by atoms with E-state index in [2.05, 4.69) is 42.0 Å². The molecule has 1 aromatic heterocycles. The van der Waals surface area contributed by atoms with Crippen LogP contribution in [0.15, 0.2) is 81.1 Å². The van der Waals surface area contributed by atoms with Gasteiger partial charge in [-0.1, -0.05) is 52.3 Å². The third-order valence-electron chi connectivity index (χ3n) is 5.24. The van der Waals surface area contributed by atoms with Gasteiger partial charge in [0.15, 0.2) is 17.5 Å². The minimum atomic E-state index is -1.30. The van der Waals surface area contributed by atoms with Crippen molar-refractivity contribution in [1.82, 2.24) is 20.9 Å². The van der Waals surface area contributed by atoms with Crippen molar-refractivity contribution >= 4 is 44.7 Å². The van der Waals surface area contributed by atoms with Crippen LogP contribution in [0.3, 0.4) is 0 Å². The van der Waals surface area contributed by atoms with Crippen LogP contribution < -0.4 is 21.0 Å². The minimum Gasteiger partial charge on any atom is -0.504 e. The lowest BCUT2D eigenvalue weighted by Gasteiger charge is -2.18. The first-order chi connectivity index (χ1) is 17.4. The number of aromatic hydroxyl groups is 1. The highest BCUT2D eigenvalue weighted by molar-refractivity contribution is 9.10. The van der Waals surface area contributed by atoms with Crippen molar-refractivity contribution in [1.29, 1.82) is 0 Å². The van der Waals surface area contributed by atoms with Gasteiger partial charge in [0.05, 0.1) is 18.7 Å². The second-order valence-electron chi connectivity index (χ2n) is 7.54. The fourth-order valence-electron chi connectivity index (χ4n) is 3.50. The number of hydrogen-bond donors (Lipinski definition) is 4. The van der Waals surface area contributed by atoms with Gasteiger partial charge in [0.25, 0.3) is 17.4 Å². The van der Waals surface area contributed by atoms with E-state index in [9.17, 15) is 19.5 Å². The average Bonchev–Trinajstić information content (AvgIpc) is 2.90. The zero-order valence-corrected chi connectivity index (χ0v) is 20.4. The van der Waals surface area contributed by atoms with Crippen LogP contribution in [0.25, 0.3) is 10.8 Å². The molecule has 0 aliphatic carbocycles. The van der Waals surface area contributed by atoms with E-state index >= 15 is 0 Å². The fraction of sp³-hybridized carbons (Fsp3) is 0.0800. The number of phenolic OH excluding ortho intramolecular Hbond substituents is 1. The Labute approximate surface area is 213 Å². The number of hydrazone groups is 1. The highest BCUT2D eigenvalue weighted by atomic mass is 79.9. The molecule has 10 nitrogen and oxygen atoms in total. The van der Waals surface area contributed by atoms with Crippen molar-refractivity contribution in [2.45, 2.75) is 6.04 Å². The number of ether oxygens (including phenoxy) is 1. The van der Waals surface area contributed by atoms with E-state index in [1.165, 1.54) is 13.3 Å². The molecule has 0 aliphatic rings. The summed E-state index contributed by atoms with van der Waals surface area (Å²) in [5.74, 6) is -1.19. The zero-order chi connectivity index (χ0) is 25.7. The molecule has 0 radical (unpaired) electrons. The highest BCUT2D eigenvalue weighted by Gasteiger charge is 2.27. The number of fused-ring (bicyclic) bond motifs is 1. The molecule has 0 bridgehead atoms. The number of benzene rings is 3. The second-order valence-corrected chi connectivity index (χ2v) is 8.45. The van der Waals surface area contributed by atoms with Gasteiger partial charge in [-0.2, -0.15) is 10.2 Å². The average molecular weight is 550 g/mol. The summed E-state index contributed by atoms with van der Waals surface area (Å²) in [6.45, 7) is 0. The molecule has 0 saturated carbocycles. The maximum Gasteiger partial charge on any atom is 0.272 e. The molecular weight excluding hydrogens is 530 g/mol. The van der Waals surface area contributed by atoms with Gasteiger partial charge < -0.3 is 15.2 Å². The van der Waals surface area contributed by atoms with Crippen molar-refractivity contribution in [3.63, 3.8) is 0 Å². The van der Waals surface area contributed by atoms with Crippen LogP contribution in [0, 0.1) is 0 Å². The number of nitrogens with zero attached hydrogens (tertiary/aromatic N) is 2. The number of phenols is 1. The Morgan fingerprint density at radius 1 is 1.11 bits per heavy atom. The summed E-state index contributed by atoms with van der Waals surface area (Å²) in [5.41, 5.74) is 2.68. The van der Waals surface area contributed by atoms with Gasteiger partial charge in [-0.25, -0.2) is 10.5 Å². The van der Waals surface area contributed by atoms with Crippen molar-refractivity contribution in [2.24, 2.45) is 5.10 Å². The number of carbonyl (C=O) groups excluding carboxylic acids is 2. The summed E-state index contributed by atoms with van der Waals surface area (Å²) >= 11 is 3.32. The predicted octanol–water partition coefficient (Wildman–Crippen LogP) is 3.02. The van der Waals surface area contributed by atoms with Crippen molar-refractivity contribution in [3.05, 3.63) is 98.4 Å². The first kappa shape index (κ1) is 24.6. The molecule has 0 saturated heterocycles. The van der Waals surface area contributed by atoms with E-state index in [0.29, 0.717) is 20.8 Å².